The van der Waals surface area contributed by atoms with Gasteiger partial charge in [-0.25, -0.2) is 0 Å². The molecule has 1 heterocycles. The Morgan fingerprint density at radius 2 is 1.95 bits per heavy atom. The van der Waals surface area contributed by atoms with E-state index in [4.69, 9.17) is 10.00 Å². The van der Waals surface area contributed by atoms with Gasteiger partial charge < -0.3 is 4.74 Å². The Morgan fingerprint density at radius 1 is 1.18 bits per heavy atom. The molecular formula is C17H12F3NO. The molecule has 3 rings (SSSR count). The maximum Gasteiger partial charge on any atom is 0.416 e. The largest absolute Gasteiger partial charge is 0.485 e. The van der Waals surface area contributed by atoms with E-state index >= 15 is 0 Å². The van der Waals surface area contributed by atoms with Gasteiger partial charge in [0.25, 0.3) is 0 Å². The van der Waals surface area contributed by atoms with E-state index in [0.29, 0.717) is 23.3 Å². The van der Waals surface area contributed by atoms with Gasteiger partial charge in [-0.2, -0.15) is 18.4 Å². The predicted molar refractivity (Wildman–Crippen MR) is 74.4 cm³/mol. The van der Waals surface area contributed by atoms with Crippen LogP contribution in [0, 0.1) is 18.3 Å². The number of fused-ring (bicyclic) bond motifs is 1. The molecule has 0 saturated heterocycles. The molecule has 0 bridgehead atoms. The quantitative estimate of drug-likeness (QED) is 0.773. The summed E-state index contributed by atoms with van der Waals surface area (Å²) in [5.41, 5.74) is 2.12. The van der Waals surface area contributed by atoms with Crippen LogP contribution in [0.5, 0.6) is 5.75 Å². The van der Waals surface area contributed by atoms with Crippen molar-refractivity contribution in [3.05, 3.63) is 64.2 Å². The SMILES string of the molecule is Cc1cc(C#N)cc(C2Cc3cc(C(F)(F)F)ccc3O2)c1. The summed E-state index contributed by atoms with van der Waals surface area (Å²) in [6.07, 6.45) is -4.34. The number of hydrogen-bond acceptors (Lipinski definition) is 2. The van der Waals surface area contributed by atoms with Crippen molar-refractivity contribution in [3.8, 4) is 11.8 Å². The Labute approximate surface area is 125 Å². The van der Waals surface area contributed by atoms with E-state index in [9.17, 15) is 13.2 Å². The summed E-state index contributed by atoms with van der Waals surface area (Å²) in [6.45, 7) is 1.87. The summed E-state index contributed by atoms with van der Waals surface area (Å²) < 4.78 is 44.0. The highest BCUT2D eigenvalue weighted by atomic mass is 19.4. The Bertz CT molecular complexity index is 774. The predicted octanol–water partition coefficient (Wildman–Crippen LogP) is 4.56. The molecule has 0 spiro atoms. The Morgan fingerprint density at radius 3 is 2.64 bits per heavy atom. The van der Waals surface area contributed by atoms with E-state index in [2.05, 4.69) is 6.07 Å². The summed E-state index contributed by atoms with van der Waals surface area (Å²) in [4.78, 5) is 0. The van der Waals surface area contributed by atoms with Gasteiger partial charge in [0.1, 0.15) is 11.9 Å². The van der Waals surface area contributed by atoms with Crippen molar-refractivity contribution < 1.29 is 17.9 Å². The minimum atomic E-state index is -4.36. The molecule has 0 saturated carbocycles. The van der Waals surface area contributed by atoms with Crippen LogP contribution in [-0.2, 0) is 12.6 Å². The number of rotatable bonds is 1. The molecule has 1 unspecified atom stereocenters. The van der Waals surface area contributed by atoms with E-state index in [-0.39, 0.29) is 6.10 Å². The van der Waals surface area contributed by atoms with Gasteiger partial charge in [0, 0.05) is 6.42 Å². The number of benzene rings is 2. The van der Waals surface area contributed by atoms with Crippen molar-refractivity contribution in [2.75, 3.05) is 0 Å². The van der Waals surface area contributed by atoms with Crippen molar-refractivity contribution in [3.63, 3.8) is 0 Å². The molecule has 1 atom stereocenters. The smallest absolute Gasteiger partial charge is 0.416 e. The molecule has 2 aromatic rings. The standard InChI is InChI=1S/C17H12F3NO/c1-10-4-11(9-21)6-12(5-10)16-8-13-7-14(17(18,19)20)2-3-15(13)22-16/h2-7,16H,8H2,1H3. The summed E-state index contributed by atoms with van der Waals surface area (Å²) >= 11 is 0. The van der Waals surface area contributed by atoms with Gasteiger partial charge in [-0.05, 0) is 53.9 Å². The first-order valence-electron chi connectivity index (χ1n) is 6.75. The van der Waals surface area contributed by atoms with E-state index in [1.165, 1.54) is 6.07 Å². The molecule has 0 aliphatic carbocycles. The summed E-state index contributed by atoms with van der Waals surface area (Å²) in [5, 5.41) is 9.01. The second-order valence-electron chi connectivity index (χ2n) is 5.38. The van der Waals surface area contributed by atoms with Crippen molar-refractivity contribution in [2.24, 2.45) is 0 Å². The van der Waals surface area contributed by atoms with Crippen LogP contribution in [0.1, 0.15) is 33.9 Å². The molecule has 2 aromatic carbocycles. The van der Waals surface area contributed by atoms with Crippen molar-refractivity contribution in [1.29, 1.82) is 5.26 Å². The number of nitriles is 1. The molecule has 1 aliphatic heterocycles. The number of alkyl halides is 3. The van der Waals surface area contributed by atoms with E-state index in [1.807, 2.05) is 13.0 Å². The minimum absolute atomic E-state index is 0.356. The number of ether oxygens (including phenoxy) is 1. The Kier molecular flexibility index (Phi) is 3.32. The zero-order valence-electron chi connectivity index (χ0n) is 11.7. The zero-order valence-corrected chi connectivity index (χ0v) is 11.7. The highest BCUT2D eigenvalue weighted by Crippen LogP contribution is 2.40. The van der Waals surface area contributed by atoms with E-state index in [0.717, 1.165) is 23.3 Å². The van der Waals surface area contributed by atoms with Crippen LogP contribution < -0.4 is 4.74 Å². The monoisotopic (exact) mass is 303 g/mol. The lowest BCUT2D eigenvalue weighted by Crippen LogP contribution is -2.05. The number of nitrogens with zero attached hydrogens (tertiary/aromatic N) is 1. The van der Waals surface area contributed by atoms with Gasteiger partial charge in [0.2, 0.25) is 0 Å². The molecule has 0 amide bonds. The minimum Gasteiger partial charge on any atom is -0.485 e. The first kappa shape index (κ1) is 14.5. The second-order valence-corrected chi connectivity index (χ2v) is 5.38. The molecule has 112 valence electrons. The maximum absolute atomic E-state index is 12.8. The molecule has 2 nitrogen and oxygen atoms in total. The van der Waals surface area contributed by atoms with Crippen LogP contribution >= 0.6 is 0 Å². The third-order valence-corrected chi connectivity index (χ3v) is 3.66. The van der Waals surface area contributed by atoms with Crippen LogP contribution in [-0.4, -0.2) is 0 Å². The number of aryl methyl sites for hydroxylation is 1. The summed E-state index contributed by atoms with van der Waals surface area (Å²) in [6, 6.07) is 11.0. The van der Waals surface area contributed by atoms with Crippen LogP contribution in [0.4, 0.5) is 13.2 Å². The third-order valence-electron chi connectivity index (χ3n) is 3.66. The van der Waals surface area contributed by atoms with Gasteiger partial charge >= 0.3 is 6.18 Å². The average Bonchev–Trinajstić information content (AvgIpc) is 2.88. The normalized spacial score (nSPS) is 16.8. The molecule has 0 radical (unpaired) electrons. The van der Waals surface area contributed by atoms with Crippen LogP contribution in [0.2, 0.25) is 0 Å². The van der Waals surface area contributed by atoms with Crippen molar-refractivity contribution in [2.45, 2.75) is 25.6 Å². The van der Waals surface area contributed by atoms with Gasteiger partial charge in [-0.1, -0.05) is 6.07 Å². The number of halogens is 3. The first-order valence-corrected chi connectivity index (χ1v) is 6.75. The van der Waals surface area contributed by atoms with Crippen LogP contribution in [0.25, 0.3) is 0 Å². The fourth-order valence-electron chi connectivity index (χ4n) is 2.67. The Hall–Kier alpha value is -2.48. The van der Waals surface area contributed by atoms with Crippen LogP contribution in [0.3, 0.4) is 0 Å². The molecule has 0 fully saturated rings. The Balaban J connectivity index is 1.92. The fraction of sp³-hybridized carbons (Fsp3) is 0.235. The van der Waals surface area contributed by atoms with Gasteiger partial charge in [-0.3, -0.25) is 0 Å². The van der Waals surface area contributed by atoms with Gasteiger partial charge in [0.05, 0.1) is 17.2 Å². The van der Waals surface area contributed by atoms with Gasteiger partial charge in [-0.15, -0.1) is 0 Å². The second kappa shape index (κ2) is 5.06. The van der Waals surface area contributed by atoms with Crippen molar-refractivity contribution >= 4 is 0 Å². The lowest BCUT2D eigenvalue weighted by Gasteiger charge is -2.12. The number of hydrogen-bond donors (Lipinski definition) is 0. The topological polar surface area (TPSA) is 33.0 Å². The zero-order chi connectivity index (χ0) is 15.9. The summed E-state index contributed by atoms with van der Waals surface area (Å²) in [7, 11) is 0. The average molecular weight is 303 g/mol. The fourth-order valence-corrected chi connectivity index (χ4v) is 2.67. The van der Waals surface area contributed by atoms with Gasteiger partial charge in [0.15, 0.2) is 0 Å². The first-order chi connectivity index (χ1) is 10.4. The van der Waals surface area contributed by atoms with Crippen molar-refractivity contribution in [1.82, 2.24) is 0 Å². The lowest BCUT2D eigenvalue weighted by atomic mass is 9.99. The molecule has 22 heavy (non-hydrogen) atoms. The van der Waals surface area contributed by atoms with E-state index < -0.39 is 11.7 Å². The van der Waals surface area contributed by atoms with E-state index in [1.54, 1.807) is 12.1 Å². The lowest BCUT2D eigenvalue weighted by molar-refractivity contribution is -0.137. The van der Waals surface area contributed by atoms with Crippen LogP contribution in [0.15, 0.2) is 36.4 Å². The highest BCUT2D eigenvalue weighted by Gasteiger charge is 2.33. The summed E-state index contributed by atoms with van der Waals surface area (Å²) in [5.74, 6) is 0.470. The molecule has 0 aromatic heterocycles. The maximum atomic E-state index is 12.8. The highest BCUT2D eigenvalue weighted by molar-refractivity contribution is 5.45. The third kappa shape index (κ3) is 2.64. The molecule has 5 heteroatoms. The molecule has 1 aliphatic rings. The molecular weight excluding hydrogens is 291 g/mol. The molecule has 0 N–H and O–H groups in total.